The third-order valence-corrected chi connectivity index (χ3v) is 15.8. The van der Waals surface area contributed by atoms with E-state index in [4.69, 9.17) is 9.16 Å². The van der Waals surface area contributed by atoms with Crippen molar-refractivity contribution in [3.05, 3.63) is 75.5 Å². The Hall–Kier alpha value is -3.17. The number of hydroxylamine groups is 3. The second-order valence-corrected chi connectivity index (χ2v) is 20.7. The summed E-state index contributed by atoms with van der Waals surface area (Å²) in [5.41, 5.74) is -1.14. The van der Waals surface area contributed by atoms with Crippen molar-refractivity contribution < 1.29 is 36.7 Å². The van der Waals surface area contributed by atoms with Gasteiger partial charge in [0.1, 0.15) is 18.1 Å². The highest BCUT2D eigenvalue weighted by Crippen LogP contribution is 2.51. The molecule has 0 aliphatic carbocycles. The summed E-state index contributed by atoms with van der Waals surface area (Å²) < 4.78 is 39.6. The predicted octanol–water partition coefficient (Wildman–Crippen LogP) is 5.53. The summed E-state index contributed by atoms with van der Waals surface area (Å²) in [6.07, 6.45) is -0.459. The molecule has 254 valence electrons. The van der Waals surface area contributed by atoms with Crippen LogP contribution in [0.25, 0.3) is 0 Å². The molecule has 46 heavy (non-hydrogen) atoms. The number of rotatable bonds is 13. The molecule has 1 aliphatic rings. The summed E-state index contributed by atoms with van der Waals surface area (Å²) in [7, 11) is -6.57. The van der Waals surface area contributed by atoms with Crippen LogP contribution >= 0.6 is 0 Å². The molecule has 0 radical (unpaired) electrons. The Balaban J connectivity index is 1.94. The Morgan fingerprint density at radius 1 is 1.04 bits per heavy atom. The molecule has 2 aromatic rings. The fourth-order valence-corrected chi connectivity index (χ4v) is 8.34. The van der Waals surface area contributed by atoms with Crippen molar-refractivity contribution in [2.75, 3.05) is 13.1 Å². The van der Waals surface area contributed by atoms with Gasteiger partial charge in [-0.3, -0.25) is 14.9 Å². The van der Waals surface area contributed by atoms with E-state index in [-0.39, 0.29) is 28.8 Å². The van der Waals surface area contributed by atoms with Gasteiger partial charge in [-0.25, -0.2) is 17.9 Å². The lowest BCUT2D eigenvalue weighted by Gasteiger charge is -2.66. The van der Waals surface area contributed by atoms with Crippen LogP contribution in [0, 0.1) is 32.6 Å². The van der Waals surface area contributed by atoms with Crippen LogP contribution in [0.3, 0.4) is 0 Å². The molecule has 0 aromatic heterocycles. The summed E-state index contributed by atoms with van der Waals surface area (Å²) in [6.45, 7) is 16.6. The number of ether oxygens (including phenoxy) is 1. The van der Waals surface area contributed by atoms with Crippen molar-refractivity contribution in [3.8, 4) is 0 Å². The first kappa shape index (κ1) is 37.3. The average Bonchev–Trinajstić information content (AvgIpc) is 2.94. The zero-order chi connectivity index (χ0) is 34.9. The minimum absolute atomic E-state index is 0.0336. The number of quaternary nitrogens is 1. The van der Waals surface area contributed by atoms with Gasteiger partial charge in [0, 0.05) is 12.1 Å². The summed E-state index contributed by atoms with van der Waals surface area (Å²) in [4.78, 5) is 37.5. The van der Waals surface area contributed by atoms with E-state index in [9.17, 15) is 33.3 Å². The molecular weight excluding hydrogens is 631 g/mol. The van der Waals surface area contributed by atoms with Crippen molar-refractivity contribution in [2.45, 2.75) is 90.2 Å². The second-order valence-electron chi connectivity index (χ2n) is 14.3. The van der Waals surface area contributed by atoms with Crippen LogP contribution in [0.2, 0.25) is 18.1 Å². The molecule has 2 unspecified atom stereocenters. The lowest BCUT2D eigenvalue weighted by Crippen LogP contribution is -2.78. The van der Waals surface area contributed by atoms with Crippen molar-refractivity contribution in [3.63, 3.8) is 0 Å². The second kappa shape index (κ2) is 13.5. The standard InChI is InChI=1S/C32H47N3O9SSi/c1-22(2)32(7,30(37)33-45(41,42)26-13-11-10-12-14-26)29-27(23(3)44-46(8,9)31(4,5)6)19-35(29,40)20-28(36)43-21-24-15-17-25(18-16-24)34(38)39/h10-18,22-23,27,29H,19-21H2,1-9H3,(H,33,37)/t23-,27-,29-,32?,35?/m1/s1. The number of amides is 1. The Bertz CT molecular complexity index is 1530. The van der Waals surface area contributed by atoms with Gasteiger partial charge in [0.2, 0.25) is 5.91 Å². The molecule has 12 nitrogen and oxygen atoms in total. The molecule has 5 atom stereocenters. The zero-order valence-corrected chi connectivity index (χ0v) is 29.9. The maximum Gasteiger partial charge on any atom is 0.362 e. The Kier molecular flexibility index (Phi) is 11.0. The van der Waals surface area contributed by atoms with Crippen LogP contribution in [0.5, 0.6) is 0 Å². The van der Waals surface area contributed by atoms with Crippen LogP contribution in [-0.4, -0.2) is 63.4 Å². The molecular formula is C32H47N3O9SSi. The molecule has 1 fully saturated rings. The van der Waals surface area contributed by atoms with E-state index in [2.05, 4.69) is 38.6 Å². The summed E-state index contributed by atoms with van der Waals surface area (Å²) in [5.74, 6) is -2.61. The molecule has 1 aliphatic heterocycles. The number of nitrogens with zero attached hydrogens (tertiary/aromatic N) is 2. The highest BCUT2D eigenvalue weighted by atomic mass is 32.2. The van der Waals surface area contributed by atoms with E-state index >= 15 is 0 Å². The number of nitrogens with one attached hydrogen (secondary N) is 1. The monoisotopic (exact) mass is 677 g/mol. The number of likely N-dealkylation sites (tertiary alicyclic amines) is 1. The highest BCUT2D eigenvalue weighted by Gasteiger charge is 2.65. The van der Waals surface area contributed by atoms with Crippen molar-refractivity contribution >= 4 is 35.9 Å². The van der Waals surface area contributed by atoms with E-state index in [0.29, 0.717) is 5.56 Å². The molecule has 0 saturated carbocycles. The molecule has 1 heterocycles. The molecule has 3 rings (SSSR count). The lowest BCUT2D eigenvalue weighted by molar-refractivity contribution is -0.959. The molecule has 1 amide bonds. The number of nitro groups is 1. The Morgan fingerprint density at radius 3 is 2.11 bits per heavy atom. The van der Waals surface area contributed by atoms with Crippen molar-refractivity contribution in [1.82, 2.24) is 4.72 Å². The smallest absolute Gasteiger partial charge is 0.362 e. The number of hydrogen-bond acceptors (Lipinski definition) is 9. The van der Waals surface area contributed by atoms with Crippen molar-refractivity contribution in [2.24, 2.45) is 17.3 Å². The summed E-state index contributed by atoms with van der Waals surface area (Å²) in [5, 5.41) is 25.4. The first-order valence-electron chi connectivity index (χ1n) is 15.3. The lowest BCUT2D eigenvalue weighted by atomic mass is 9.62. The van der Waals surface area contributed by atoms with E-state index < -0.39 is 75.7 Å². The van der Waals surface area contributed by atoms with Crippen LogP contribution in [0.1, 0.15) is 54.0 Å². The predicted molar refractivity (Wildman–Crippen MR) is 176 cm³/mol. The van der Waals surface area contributed by atoms with Crippen molar-refractivity contribution in [1.29, 1.82) is 0 Å². The van der Waals surface area contributed by atoms with Crippen LogP contribution in [-0.2, 0) is 35.4 Å². The van der Waals surface area contributed by atoms with Gasteiger partial charge in [-0.15, -0.1) is 0 Å². The zero-order valence-electron chi connectivity index (χ0n) is 28.1. The minimum atomic E-state index is -4.25. The topological polar surface area (TPSA) is 165 Å². The number of benzene rings is 2. The third kappa shape index (κ3) is 7.85. The largest absolute Gasteiger partial charge is 0.632 e. The number of hydrogen-bond donors (Lipinski definition) is 1. The third-order valence-electron chi connectivity index (χ3n) is 9.85. The Labute approximate surface area is 273 Å². The first-order chi connectivity index (χ1) is 21.0. The number of nitro benzene ring substituents is 1. The summed E-state index contributed by atoms with van der Waals surface area (Å²) >= 11 is 0. The van der Waals surface area contributed by atoms with E-state index in [1.54, 1.807) is 39.0 Å². The number of carbonyl (C=O) groups is 2. The molecule has 2 aromatic carbocycles. The van der Waals surface area contributed by atoms with Gasteiger partial charge in [0.05, 0.1) is 28.4 Å². The van der Waals surface area contributed by atoms with E-state index in [1.165, 1.54) is 36.4 Å². The van der Waals surface area contributed by atoms with Crippen LogP contribution in [0.15, 0.2) is 59.5 Å². The van der Waals surface area contributed by atoms with Gasteiger partial charge in [-0.05, 0) is 67.7 Å². The molecule has 14 heteroatoms. The molecule has 1 N–H and O–H groups in total. The van der Waals surface area contributed by atoms with Gasteiger partial charge < -0.3 is 19.0 Å². The quantitative estimate of drug-likeness (QED) is 0.0717. The fraction of sp³-hybridized carbons (Fsp3) is 0.562. The van der Waals surface area contributed by atoms with Gasteiger partial charge in [-0.1, -0.05) is 52.8 Å². The molecule has 1 saturated heterocycles. The maximum atomic E-state index is 14.6. The van der Waals surface area contributed by atoms with Gasteiger partial charge in [-0.2, -0.15) is 0 Å². The molecule has 0 spiro atoms. The number of carbonyl (C=O) groups excluding carboxylic acids is 2. The van der Waals surface area contributed by atoms with Gasteiger partial charge in [0.15, 0.2) is 14.9 Å². The highest BCUT2D eigenvalue weighted by molar-refractivity contribution is 7.90. The number of sulfonamides is 1. The number of esters is 1. The fourth-order valence-electron chi connectivity index (χ4n) is 5.78. The van der Waals surface area contributed by atoms with E-state index in [0.717, 1.165) is 0 Å². The minimum Gasteiger partial charge on any atom is -0.632 e. The number of non-ortho nitro benzene ring substituents is 1. The Morgan fingerprint density at radius 2 is 1.61 bits per heavy atom. The van der Waals surface area contributed by atoms with Crippen LogP contribution in [0.4, 0.5) is 5.69 Å². The summed E-state index contributed by atoms with van der Waals surface area (Å²) in [6, 6.07) is 12.0. The molecule has 0 bridgehead atoms. The normalized spacial score (nSPS) is 22.3. The maximum absolute atomic E-state index is 14.6. The van der Waals surface area contributed by atoms with E-state index in [1.807, 2.05) is 6.92 Å². The first-order valence-corrected chi connectivity index (χ1v) is 19.7. The van der Waals surface area contributed by atoms with Gasteiger partial charge >= 0.3 is 5.97 Å². The average molecular weight is 678 g/mol. The van der Waals surface area contributed by atoms with Gasteiger partial charge in [0.25, 0.3) is 15.7 Å². The SMILES string of the molecule is CC(C)C(C)(C(=O)NS(=O)(=O)c1ccccc1)[C@H]1[C@@H]([C@@H](C)O[Si](C)(C)C(C)(C)C)C[N+]1([O-])CC(=O)OCc1ccc([N+](=O)[O-])cc1. The van der Waals surface area contributed by atoms with Crippen LogP contribution < -0.4 is 4.72 Å².